The van der Waals surface area contributed by atoms with E-state index in [1.165, 1.54) is 4.88 Å². The molecule has 6 nitrogen and oxygen atoms in total. The molecule has 0 radical (unpaired) electrons. The second kappa shape index (κ2) is 10.1. The van der Waals surface area contributed by atoms with Crippen molar-refractivity contribution >= 4 is 34.5 Å². The monoisotopic (exact) mass is 482 g/mol. The number of aryl methyl sites for hydroxylation is 2. The summed E-state index contributed by atoms with van der Waals surface area (Å²) in [4.78, 5) is 39.3. The van der Waals surface area contributed by atoms with Crippen LogP contribution in [-0.2, 0) is 16.1 Å². The Bertz CT molecular complexity index is 1120. The molecule has 0 spiro atoms. The molecule has 3 aromatic rings. The normalized spacial score (nSPS) is 16.9. The van der Waals surface area contributed by atoms with Gasteiger partial charge in [-0.15, -0.1) is 22.7 Å². The number of hydrogen-bond acceptors (Lipinski definition) is 6. The lowest BCUT2D eigenvalue weighted by atomic mass is 9.94. The van der Waals surface area contributed by atoms with Gasteiger partial charge in [-0.2, -0.15) is 0 Å². The number of hydrogen-bond donors (Lipinski definition) is 1. The van der Waals surface area contributed by atoms with Gasteiger partial charge in [0.25, 0.3) is 0 Å². The molecule has 0 bridgehead atoms. The predicted octanol–water partition coefficient (Wildman–Crippen LogP) is 4.93. The Morgan fingerprint density at radius 3 is 2.55 bits per heavy atom. The number of nitrogens with one attached hydrogen (secondary N) is 1. The van der Waals surface area contributed by atoms with Crippen molar-refractivity contribution in [3.05, 3.63) is 57.1 Å². The number of thiazole rings is 2. The van der Waals surface area contributed by atoms with E-state index in [0.29, 0.717) is 19.5 Å². The lowest BCUT2D eigenvalue weighted by Gasteiger charge is -2.29. The van der Waals surface area contributed by atoms with E-state index in [-0.39, 0.29) is 23.7 Å². The average molecular weight is 483 g/mol. The summed E-state index contributed by atoms with van der Waals surface area (Å²) < 4.78 is 0. The topological polar surface area (TPSA) is 75.2 Å². The zero-order valence-corrected chi connectivity index (χ0v) is 21.1. The highest BCUT2D eigenvalue weighted by Crippen LogP contribution is 2.33. The molecular weight excluding hydrogens is 452 g/mol. The number of carbonyl (C=O) groups is 2. The minimum atomic E-state index is -0.418. The van der Waals surface area contributed by atoms with Crippen molar-refractivity contribution in [3.8, 4) is 10.4 Å². The standard InChI is InChI=1S/C25H30N4O2S2/c1-15(2)21(24-27-12-16(3)33-24)25(31)29-11-5-6-20(29)23(30)26-13-18-7-9-19(10-8-18)22-17(4)28-14-32-22/h7-10,12,14-15,20-21H,5-6,11,13H2,1-4H3,(H,26,30). The van der Waals surface area contributed by atoms with Gasteiger partial charge in [0.2, 0.25) is 11.8 Å². The maximum Gasteiger partial charge on any atom is 0.243 e. The van der Waals surface area contributed by atoms with E-state index in [2.05, 4.69) is 27.4 Å². The van der Waals surface area contributed by atoms with Gasteiger partial charge in [-0.1, -0.05) is 38.1 Å². The van der Waals surface area contributed by atoms with Crippen molar-refractivity contribution in [1.29, 1.82) is 0 Å². The fourth-order valence-electron chi connectivity index (χ4n) is 4.33. The first-order valence-electron chi connectivity index (χ1n) is 11.3. The summed E-state index contributed by atoms with van der Waals surface area (Å²) in [6, 6.07) is 7.78. The van der Waals surface area contributed by atoms with Crippen LogP contribution in [0.1, 0.15) is 53.7 Å². The van der Waals surface area contributed by atoms with Crippen LogP contribution < -0.4 is 5.32 Å². The fourth-order valence-corrected chi connectivity index (χ4v) is 6.19. The van der Waals surface area contributed by atoms with Crippen LogP contribution in [0.2, 0.25) is 0 Å². The van der Waals surface area contributed by atoms with E-state index in [1.807, 2.05) is 51.5 Å². The Hall–Kier alpha value is -2.58. The zero-order chi connectivity index (χ0) is 23.5. The van der Waals surface area contributed by atoms with Crippen LogP contribution in [0.4, 0.5) is 0 Å². The van der Waals surface area contributed by atoms with Gasteiger partial charge in [-0.25, -0.2) is 9.97 Å². The summed E-state index contributed by atoms with van der Waals surface area (Å²) >= 11 is 3.20. The minimum Gasteiger partial charge on any atom is -0.350 e. The molecule has 1 aliphatic heterocycles. The van der Waals surface area contributed by atoms with Crippen molar-refractivity contribution in [1.82, 2.24) is 20.2 Å². The smallest absolute Gasteiger partial charge is 0.243 e. The van der Waals surface area contributed by atoms with Gasteiger partial charge in [0.05, 0.1) is 22.0 Å². The Kier molecular flexibility index (Phi) is 7.24. The van der Waals surface area contributed by atoms with Crippen LogP contribution in [-0.4, -0.2) is 39.3 Å². The maximum absolute atomic E-state index is 13.5. The molecule has 0 aliphatic carbocycles. The van der Waals surface area contributed by atoms with E-state index in [1.54, 1.807) is 27.6 Å². The minimum absolute atomic E-state index is 0.0151. The zero-order valence-electron chi connectivity index (χ0n) is 19.5. The molecule has 2 atom stereocenters. The number of nitrogens with zero attached hydrogens (tertiary/aromatic N) is 3. The number of rotatable bonds is 7. The Labute approximate surface area is 203 Å². The molecule has 4 rings (SSSR count). The molecule has 3 heterocycles. The Morgan fingerprint density at radius 1 is 1.18 bits per heavy atom. The summed E-state index contributed by atoms with van der Waals surface area (Å²) in [6.45, 7) is 9.16. The van der Waals surface area contributed by atoms with E-state index in [4.69, 9.17) is 0 Å². The number of aromatic nitrogens is 2. The van der Waals surface area contributed by atoms with Gasteiger partial charge in [0, 0.05) is 24.2 Å². The van der Waals surface area contributed by atoms with Gasteiger partial charge < -0.3 is 10.2 Å². The van der Waals surface area contributed by atoms with Crippen molar-refractivity contribution in [2.45, 2.75) is 59.0 Å². The van der Waals surface area contributed by atoms with Crippen LogP contribution in [0, 0.1) is 19.8 Å². The SMILES string of the molecule is Cc1cnc(C(C(=O)N2CCCC2C(=O)NCc2ccc(-c3scnc3C)cc2)C(C)C)s1. The van der Waals surface area contributed by atoms with Crippen molar-refractivity contribution in [2.24, 2.45) is 5.92 Å². The molecule has 1 aromatic carbocycles. The van der Waals surface area contributed by atoms with Crippen molar-refractivity contribution in [2.75, 3.05) is 6.54 Å². The van der Waals surface area contributed by atoms with Gasteiger partial charge in [-0.05, 0) is 43.7 Å². The van der Waals surface area contributed by atoms with Gasteiger partial charge in [0.1, 0.15) is 11.0 Å². The van der Waals surface area contributed by atoms with Gasteiger partial charge in [-0.3, -0.25) is 9.59 Å². The number of likely N-dealkylation sites (tertiary alicyclic amines) is 1. The third-order valence-corrected chi connectivity index (χ3v) is 8.08. The van der Waals surface area contributed by atoms with Crippen molar-refractivity contribution < 1.29 is 9.59 Å². The number of carbonyl (C=O) groups excluding carboxylic acids is 2. The van der Waals surface area contributed by atoms with Crippen LogP contribution in [0.25, 0.3) is 10.4 Å². The van der Waals surface area contributed by atoms with Crippen molar-refractivity contribution in [3.63, 3.8) is 0 Å². The van der Waals surface area contributed by atoms with E-state index in [9.17, 15) is 9.59 Å². The Balaban J connectivity index is 1.40. The summed E-state index contributed by atoms with van der Waals surface area (Å²) in [5, 5.41) is 3.89. The highest BCUT2D eigenvalue weighted by Gasteiger charge is 2.39. The molecule has 2 unspecified atom stereocenters. The third-order valence-electron chi connectivity index (χ3n) is 6.10. The molecule has 2 amide bonds. The summed E-state index contributed by atoms with van der Waals surface area (Å²) in [5.74, 6) is -0.254. The highest BCUT2D eigenvalue weighted by molar-refractivity contribution is 7.13. The first kappa shape index (κ1) is 23.6. The second-order valence-electron chi connectivity index (χ2n) is 8.90. The predicted molar refractivity (Wildman–Crippen MR) is 133 cm³/mol. The number of benzene rings is 1. The largest absolute Gasteiger partial charge is 0.350 e. The second-order valence-corrected chi connectivity index (χ2v) is 11.0. The van der Waals surface area contributed by atoms with Gasteiger partial charge >= 0.3 is 0 Å². The molecule has 8 heteroatoms. The highest BCUT2D eigenvalue weighted by atomic mass is 32.1. The molecule has 1 saturated heterocycles. The third kappa shape index (κ3) is 5.17. The van der Waals surface area contributed by atoms with E-state index in [0.717, 1.165) is 33.1 Å². The lowest BCUT2D eigenvalue weighted by molar-refractivity contribution is -0.140. The molecule has 174 valence electrons. The first-order chi connectivity index (χ1) is 15.8. The molecule has 1 fully saturated rings. The first-order valence-corrected chi connectivity index (χ1v) is 13.0. The van der Waals surface area contributed by atoms with Crippen LogP contribution in [0.3, 0.4) is 0 Å². The van der Waals surface area contributed by atoms with Crippen LogP contribution in [0.5, 0.6) is 0 Å². The number of amides is 2. The molecule has 1 N–H and O–H groups in total. The summed E-state index contributed by atoms with van der Waals surface area (Å²) in [7, 11) is 0. The quantitative estimate of drug-likeness (QED) is 0.518. The Morgan fingerprint density at radius 2 is 1.94 bits per heavy atom. The maximum atomic E-state index is 13.5. The van der Waals surface area contributed by atoms with Crippen LogP contribution >= 0.6 is 22.7 Å². The molecule has 1 aliphatic rings. The average Bonchev–Trinajstić information content (AvgIpc) is 3.53. The summed E-state index contributed by atoms with van der Waals surface area (Å²) in [6.07, 6.45) is 3.36. The van der Waals surface area contributed by atoms with E-state index < -0.39 is 6.04 Å². The van der Waals surface area contributed by atoms with Gasteiger partial charge in [0.15, 0.2) is 0 Å². The molecular formula is C25H30N4O2S2. The van der Waals surface area contributed by atoms with Crippen LogP contribution in [0.15, 0.2) is 36.0 Å². The fraction of sp³-hybridized carbons (Fsp3) is 0.440. The molecule has 33 heavy (non-hydrogen) atoms. The van der Waals surface area contributed by atoms with E-state index >= 15 is 0 Å². The molecule has 2 aromatic heterocycles. The lowest BCUT2D eigenvalue weighted by Crippen LogP contribution is -2.47. The molecule has 0 saturated carbocycles. The summed E-state index contributed by atoms with van der Waals surface area (Å²) in [5.41, 5.74) is 5.05.